The molecular weight excluding hydrogens is 220 g/mol. The van der Waals surface area contributed by atoms with Crippen LogP contribution in [-0.4, -0.2) is 11.2 Å². The number of hydrogen-bond acceptors (Lipinski definition) is 1. The van der Waals surface area contributed by atoms with E-state index in [4.69, 9.17) is 4.74 Å². The second-order valence-corrected chi connectivity index (χ2v) is 8.01. The predicted molar refractivity (Wildman–Crippen MR) is 73.2 cm³/mol. The van der Waals surface area contributed by atoms with Crippen molar-refractivity contribution in [2.24, 2.45) is 29.6 Å². The average molecular weight is 246 g/mol. The van der Waals surface area contributed by atoms with E-state index in [-0.39, 0.29) is 11.2 Å². The summed E-state index contributed by atoms with van der Waals surface area (Å²) >= 11 is 0. The molecule has 1 atom stereocenters. The second-order valence-electron chi connectivity index (χ2n) is 8.01. The highest BCUT2D eigenvalue weighted by molar-refractivity contribution is 5.15. The van der Waals surface area contributed by atoms with Crippen LogP contribution in [0.1, 0.15) is 52.4 Å². The molecule has 0 aromatic rings. The Kier molecular flexibility index (Phi) is 2.19. The zero-order chi connectivity index (χ0) is 12.5. The maximum atomic E-state index is 6.75. The van der Waals surface area contributed by atoms with Gasteiger partial charge in [0.2, 0.25) is 0 Å². The van der Waals surface area contributed by atoms with E-state index >= 15 is 0 Å². The third-order valence-corrected chi connectivity index (χ3v) is 6.69. The van der Waals surface area contributed by atoms with Gasteiger partial charge in [0.15, 0.2) is 0 Å². The van der Waals surface area contributed by atoms with Crippen molar-refractivity contribution in [1.82, 2.24) is 0 Å². The van der Waals surface area contributed by atoms with Crippen LogP contribution in [0.25, 0.3) is 0 Å². The maximum absolute atomic E-state index is 6.75. The second kappa shape index (κ2) is 3.42. The molecule has 0 aromatic carbocycles. The normalized spacial score (nSPS) is 56.2. The molecule has 5 rings (SSSR count). The molecule has 4 aliphatic carbocycles. The average Bonchev–Trinajstić information content (AvgIpc) is 2.58. The lowest BCUT2D eigenvalue weighted by molar-refractivity contribution is -0.214. The first-order valence-corrected chi connectivity index (χ1v) is 7.86. The molecule has 0 amide bonds. The Morgan fingerprint density at radius 1 is 1.00 bits per heavy atom. The molecule has 5 aliphatic rings. The molecule has 0 N–H and O–H groups in total. The van der Waals surface area contributed by atoms with Crippen LogP contribution < -0.4 is 0 Å². The SMILES string of the molecule is C=CC1CC2(OC1(C)C)C1CC3CC(C1)CC2C3. The molecular formula is C17H26O. The van der Waals surface area contributed by atoms with Crippen LogP contribution >= 0.6 is 0 Å². The van der Waals surface area contributed by atoms with Crippen molar-refractivity contribution >= 4 is 0 Å². The Labute approximate surface area is 111 Å². The zero-order valence-corrected chi connectivity index (χ0v) is 11.8. The van der Waals surface area contributed by atoms with Gasteiger partial charge >= 0.3 is 0 Å². The molecule has 4 saturated carbocycles. The molecule has 0 radical (unpaired) electrons. The van der Waals surface area contributed by atoms with Crippen LogP contribution in [-0.2, 0) is 4.74 Å². The van der Waals surface area contributed by atoms with Gasteiger partial charge in [-0.3, -0.25) is 0 Å². The third kappa shape index (κ3) is 1.32. The van der Waals surface area contributed by atoms with E-state index < -0.39 is 0 Å². The minimum atomic E-state index is 0.0110. The van der Waals surface area contributed by atoms with E-state index in [9.17, 15) is 0 Å². The fourth-order valence-electron chi connectivity index (χ4n) is 6.05. The lowest BCUT2D eigenvalue weighted by Crippen LogP contribution is -2.58. The van der Waals surface area contributed by atoms with Crippen molar-refractivity contribution in [2.75, 3.05) is 0 Å². The lowest BCUT2D eigenvalue weighted by Gasteiger charge is -2.60. The van der Waals surface area contributed by atoms with Crippen molar-refractivity contribution in [1.29, 1.82) is 0 Å². The number of hydrogen-bond donors (Lipinski definition) is 0. The Bertz CT molecular complexity index is 353. The molecule has 1 heterocycles. The molecule has 100 valence electrons. The van der Waals surface area contributed by atoms with Gasteiger partial charge in [0, 0.05) is 5.92 Å². The van der Waals surface area contributed by atoms with Gasteiger partial charge in [-0.05, 0) is 76.0 Å². The van der Waals surface area contributed by atoms with Gasteiger partial charge < -0.3 is 4.74 Å². The van der Waals surface area contributed by atoms with Crippen molar-refractivity contribution in [2.45, 2.75) is 63.6 Å². The van der Waals surface area contributed by atoms with Gasteiger partial charge in [-0.2, -0.15) is 0 Å². The zero-order valence-electron chi connectivity index (χ0n) is 11.8. The Hall–Kier alpha value is -0.300. The van der Waals surface area contributed by atoms with E-state index in [2.05, 4.69) is 26.5 Å². The summed E-state index contributed by atoms with van der Waals surface area (Å²) < 4.78 is 6.75. The van der Waals surface area contributed by atoms with Gasteiger partial charge in [-0.25, -0.2) is 0 Å². The topological polar surface area (TPSA) is 9.23 Å². The van der Waals surface area contributed by atoms with Gasteiger partial charge in [0.1, 0.15) is 0 Å². The van der Waals surface area contributed by atoms with Gasteiger partial charge in [0.05, 0.1) is 11.2 Å². The van der Waals surface area contributed by atoms with Gasteiger partial charge in [0.25, 0.3) is 0 Å². The van der Waals surface area contributed by atoms with Crippen molar-refractivity contribution < 1.29 is 4.74 Å². The van der Waals surface area contributed by atoms with Crippen molar-refractivity contribution in [3.05, 3.63) is 12.7 Å². The van der Waals surface area contributed by atoms with Gasteiger partial charge in [-0.15, -0.1) is 6.58 Å². The third-order valence-electron chi connectivity index (χ3n) is 6.69. The summed E-state index contributed by atoms with van der Waals surface area (Å²) in [6.07, 6.45) is 10.7. The van der Waals surface area contributed by atoms with E-state index in [0.29, 0.717) is 5.92 Å². The smallest absolute Gasteiger partial charge is 0.0753 e. The van der Waals surface area contributed by atoms with E-state index in [1.165, 1.54) is 38.5 Å². The Morgan fingerprint density at radius 3 is 2.00 bits per heavy atom. The molecule has 18 heavy (non-hydrogen) atoms. The first-order valence-electron chi connectivity index (χ1n) is 7.86. The van der Waals surface area contributed by atoms with Crippen LogP contribution in [0, 0.1) is 29.6 Å². The van der Waals surface area contributed by atoms with E-state index in [0.717, 1.165) is 23.7 Å². The molecule has 1 unspecified atom stereocenters. The minimum Gasteiger partial charge on any atom is -0.368 e. The lowest BCUT2D eigenvalue weighted by atomic mass is 9.49. The largest absolute Gasteiger partial charge is 0.368 e. The van der Waals surface area contributed by atoms with Crippen LogP contribution in [0.3, 0.4) is 0 Å². The number of ether oxygens (including phenoxy) is 1. The predicted octanol–water partition coefficient (Wildman–Crippen LogP) is 4.18. The summed E-state index contributed by atoms with van der Waals surface area (Å²) in [5.74, 6) is 4.34. The molecule has 5 fully saturated rings. The van der Waals surface area contributed by atoms with Crippen LogP contribution in [0.15, 0.2) is 12.7 Å². The fraction of sp³-hybridized carbons (Fsp3) is 0.882. The van der Waals surface area contributed by atoms with Crippen LogP contribution in [0.4, 0.5) is 0 Å². The van der Waals surface area contributed by atoms with Gasteiger partial charge in [-0.1, -0.05) is 6.08 Å². The molecule has 1 nitrogen and oxygen atoms in total. The summed E-state index contributed by atoms with van der Waals surface area (Å²) in [4.78, 5) is 0. The summed E-state index contributed by atoms with van der Waals surface area (Å²) in [6, 6.07) is 0. The van der Waals surface area contributed by atoms with Crippen molar-refractivity contribution in [3.63, 3.8) is 0 Å². The summed E-state index contributed by atoms with van der Waals surface area (Å²) in [6.45, 7) is 8.61. The molecule has 1 saturated heterocycles. The first kappa shape index (κ1) is 11.5. The standard InChI is InChI=1S/C17H26O/c1-4-13-10-17(18-16(13,2)3)14-6-11-5-12(8-14)9-15(17)7-11/h4,11-15H,1,5-10H2,2-3H3. The summed E-state index contributed by atoms with van der Waals surface area (Å²) in [5, 5.41) is 0. The van der Waals surface area contributed by atoms with Crippen molar-refractivity contribution in [3.8, 4) is 0 Å². The quantitative estimate of drug-likeness (QED) is 0.631. The Morgan fingerprint density at radius 2 is 1.56 bits per heavy atom. The molecule has 0 aromatic heterocycles. The highest BCUT2D eigenvalue weighted by atomic mass is 16.5. The van der Waals surface area contributed by atoms with E-state index in [1.54, 1.807) is 0 Å². The molecule has 1 aliphatic heterocycles. The van der Waals surface area contributed by atoms with Crippen LogP contribution in [0.5, 0.6) is 0 Å². The highest BCUT2D eigenvalue weighted by Gasteiger charge is 2.63. The number of rotatable bonds is 1. The molecule has 4 bridgehead atoms. The van der Waals surface area contributed by atoms with E-state index in [1.807, 2.05) is 0 Å². The summed E-state index contributed by atoms with van der Waals surface area (Å²) in [7, 11) is 0. The highest BCUT2D eigenvalue weighted by Crippen LogP contribution is 2.65. The minimum absolute atomic E-state index is 0.0110. The monoisotopic (exact) mass is 246 g/mol. The maximum Gasteiger partial charge on any atom is 0.0753 e. The fourth-order valence-corrected chi connectivity index (χ4v) is 6.05. The molecule has 1 heteroatoms. The first-order chi connectivity index (χ1) is 8.53. The summed E-state index contributed by atoms with van der Waals surface area (Å²) in [5.41, 5.74) is 0.243. The van der Waals surface area contributed by atoms with Crippen LogP contribution in [0.2, 0.25) is 0 Å². The molecule has 1 spiro atoms. The Balaban J connectivity index is 1.70.